The first-order chi connectivity index (χ1) is 10.3. The molecule has 0 aliphatic carbocycles. The molecule has 0 aliphatic heterocycles. The van der Waals surface area contributed by atoms with Gasteiger partial charge in [0, 0.05) is 6.54 Å². The molecule has 0 radical (unpaired) electrons. The molecule has 0 fully saturated rings. The van der Waals surface area contributed by atoms with Gasteiger partial charge in [0.15, 0.2) is 0 Å². The van der Waals surface area contributed by atoms with Gasteiger partial charge in [-0.25, -0.2) is 0 Å². The molecule has 2 aromatic carbocycles. The Morgan fingerprint density at radius 1 is 1.05 bits per heavy atom. The summed E-state index contributed by atoms with van der Waals surface area (Å²) < 4.78 is 5.47. The van der Waals surface area contributed by atoms with Crippen LogP contribution in [0.25, 0.3) is 0 Å². The van der Waals surface area contributed by atoms with E-state index in [-0.39, 0.29) is 12.5 Å². The fraction of sp³-hybridized carbons (Fsp3) is 0.235. The van der Waals surface area contributed by atoms with Crippen molar-refractivity contribution < 1.29 is 14.6 Å². The van der Waals surface area contributed by atoms with Crippen LogP contribution in [-0.4, -0.2) is 17.6 Å². The van der Waals surface area contributed by atoms with Gasteiger partial charge in [-0.2, -0.15) is 0 Å². The minimum Gasteiger partial charge on any atom is -0.493 e. The quantitative estimate of drug-likeness (QED) is 0.820. The van der Waals surface area contributed by atoms with Crippen molar-refractivity contribution in [1.82, 2.24) is 5.32 Å². The molecule has 0 aromatic heterocycles. The number of para-hydroxylation sites is 1. The predicted octanol–water partition coefficient (Wildman–Crippen LogP) is 2.26. The van der Waals surface area contributed by atoms with Gasteiger partial charge in [-0.15, -0.1) is 0 Å². The fourth-order valence-corrected chi connectivity index (χ4v) is 1.91. The van der Waals surface area contributed by atoms with Crippen LogP contribution in [0, 0.1) is 0 Å². The molecule has 2 rings (SSSR count). The van der Waals surface area contributed by atoms with E-state index in [0.717, 1.165) is 16.9 Å². The highest BCUT2D eigenvalue weighted by atomic mass is 16.5. The molecule has 4 nitrogen and oxygen atoms in total. The van der Waals surface area contributed by atoms with E-state index in [4.69, 9.17) is 9.84 Å². The maximum Gasteiger partial charge on any atom is 0.223 e. The first-order valence-corrected chi connectivity index (χ1v) is 6.91. The topological polar surface area (TPSA) is 58.6 Å². The molecule has 0 atom stereocenters. The second-order valence-electron chi connectivity index (χ2n) is 4.67. The third kappa shape index (κ3) is 5.28. The predicted molar refractivity (Wildman–Crippen MR) is 80.8 cm³/mol. The number of benzene rings is 2. The number of carbonyl (C=O) groups excluding carboxylic acids is 1. The molecule has 1 amide bonds. The molecule has 21 heavy (non-hydrogen) atoms. The van der Waals surface area contributed by atoms with Gasteiger partial charge in [-0.1, -0.05) is 42.5 Å². The Bertz CT molecular complexity index is 569. The maximum absolute atomic E-state index is 11.7. The van der Waals surface area contributed by atoms with Crippen LogP contribution in [0.1, 0.15) is 17.5 Å². The monoisotopic (exact) mass is 285 g/mol. The average Bonchev–Trinajstić information content (AvgIpc) is 2.54. The normalized spacial score (nSPS) is 10.1. The molecular weight excluding hydrogens is 266 g/mol. The fourth-order valence-electron chi connectivity index (χ4n) is 1.91. The van der Waals surface area contributed by atoms with Crippen molar-refractivity contribution in [3.63, 3.8) is 0 Å². The molecular formula is C17H19NO3. The number of ether oxygens (including phenoxy) is 1. The van der Waals surface area contributed by atoms with Gasteiger partial charge < -0.3 is 15.2 Å². The summed E-state index contributed by atoms with van der Waals surface area (Å²) in [6, 6.07) is 16.9. The highest BCUT2D eigenvalue weighted by Crippen LogP contribution is 2.08. The Hall–Kier alpha value is -2.33. The summed E-state index contributed by atoms with van der Waals surface area (Å²) in [4.78, 5) is 11.7. The lowest BCUT2D eigenvalue weighted by Crippen LogP contribution is -2.24. The van der Waals surface area contributed by atoms with E-state index < -0.39 is 0 Å². The number of rotatable bonds is 7. The second-order valence-corrected chi connectivity index (χ2v) is 4.67. The second kappa shape index (κ2) is 8.07. The summed E-state index contributed by atoms with van der Waals surface area (Å²) in [6.07, 6.45) is 0.314. The number of hydrogen-bond donors (Lipinski definition) is 2. The van der Waals surface area contributed by atoms with Crippen LogP contribution in [0.5, 0.6) is 5.75 Å². The number of aliphatic hydroxyl groups is 1. The highest BCUT2D eigenvalue weighted by molar-refractivity contribution is 5.76. The lowest BCUT2D eigenvalue weighted by Gasteiger charge is -2.08. The number of hydrogen-bond acceptors (Lipinski definition) is 3. The van der Waals surface area contributed by atoms with Crippen LogP contribution in [0.3, 0.4) is 0 Å². The smallest absolute Gasteiger partial charge is 0.223 e. The van der Waals surface area contributed by atoms with Crippen molar-refractivity contribution in [1.29, 1.82) is 0 Å². The van der Waals surface area contributed by atoms with Gasteiger partial charge in [0.05, 0.1) is 19.6 Å². The number of aliphatic hydroxyl groups excluding tert-OH is 1. The van der Waals surface area contributed by atoms with Crippen molar-refractivity contribution >= 4 is 5.91 Å². The van der Waals surface area contributed by atoms with Gasteiger partial charge in [0.25, 0.3) is 0 Å². The van der Waals surface area contributed by atoms with Crippen molar-refractivity contribution in [2.75, 3.05) is 6.61 Å². The van der Waals surface area contributed by atoms with Crippen molar-refractivity contribution in [3.8, 4) is 5.75 Å². The third-order valence-electron chi connectivity index (χ3n) is 3.00. The van der Waals surface area contributed by atoms with Crippen LogP contribution in [0.15, 0.2) is 54.6 Å². The number of nitrogens with one attached hydrogen (secondary N) is 1. The van der Waals surface area contributed by atoms with Crippen molar-refractivity contribution in [3.05, 3.63) is 65.7 Å². The zero-order valence-corrected chi connectivity index (χ0v) is 11.8. The molecule has 0 aliphatic rings. The number of amides is 1. The lowest BCUT2D eigenvalue weighted by atomic mass is 10.1. The molecule has 2 N–H and O–H groups in total. The van der Waals surface area contributed by atoms with E-state index in [9.17, 15) is 4.79 Å². The highest BCUT2D eigenvalue weighted by Gasteiger charge is 2.02. The van der Waals surface area contributed by atoms with E-state index in [1.165, 1.54) is 0 Å². The minimum atomic E-state index is -0.0552. The summed E-state index contributed by atoms with van der Waals surface area (Å²) in [5.74, 6) is 0.710. The Morgan fingerprint density at radius 3 is 2.57 bits per heavy atom. The molecule has 0 saturated carbocycles. The molecule has 0 heterocycles. The zero-order chi connectivity index (χ0) is 14.9. The van der Waals surface area contributed by atoms with Gasteiger partial charge in [0.1, 0.15) is 5.75 Å². The molecule has 4 heteroatoms. The molecule has 0 bridgehead atoms. The standard InChI is InChI=1S/C17H19NO3/c19-13-15-6-4-5-14(11-15)12-18-17(20)9-10-21-16-7-2-1-3-8-16/h1-8,11,19H,9-10,12-13H2,(H,18,20). The summed E-state index contributed by atoms with van der Waals surface area (Å²) in [7, 11) is 0. The summed E-state index contributed by atoms with van der Waals surface area (Å²) in [5.41, 5.74) is 1.81. The maximum atomic E-state index is 11.7. The average molecular weight is 285 g/mol. The Kier molecular flexibility index (Phi) is 5.79. The molecule has 0 spiro atoms. The molecule has 110 valence electrons. The van der Waals surface area contributed by atoms with Crippen LogP contribution < -0.4 is 10.1 Å². The van der Waals surface area contributed by atoms with Crippen LogP contribution >= 0.6 is 0 Å². The Labute approximate surface area is 124 Å². The zero-order valence-electron chi connectivity index (χ0n) is 11.8. The van der Waals surface area contributed by atoms with Gasteiger partial charge in [-0.3, -0.25) is 4.79 Å². The molecule has 0 saturated heterocycles. The van der Waals surface area contributed by atoms with Crippen molar-refractivity contribution in [2.24, 2.45) is 0 Å². The minimum absolute atomic E-state index is 0.00665. The number of carbonyl (C=O) groups is 1. The van der Waals surface area contributed by atoms with E-state index >= 15 is 0 Å². The van der Waals surface area contributed by atoms with Crippen LogP contribution in [0.4, 0.5) is 0 Å². The van der Waals surface area contributed by atoms with E-state index in [2.05, 4.69) is 5.32 Å². The Balaban J connectivity index is 1.70. The molecule has 0 unspecified atom stereocenters. The Morgan fingerprint density at radius 2 is 1.81 bits per heavy atom. The van der Waals surface area contributed by atoms with Crippen molar-refractivity contribution in [2.45, 2.75) is 19.6 Å². The van der Waals surface area contributed by atoms with Gasteiger partial charge >= 0.3 is 0 Å². The van der Waals surface area contributed by atoms with Crippen LogP contribution in [0.2, 0.25) is 0 Å². The lowest BCUT2D eigenvalue weighted by molar-refractivity contribution is -0.121. The largest absolute Gasteiger partial charge is 0.493 e. The van der Waals surface area contributed by atoms with E-state index in [1.54, 1.807) is 0 Å². The summed E-state index contributed by atoms with van der Waals surface area (Å²) in [6.45, 7) is 0.817. The van der Waals surface area contributed by atoms with Gasteiger partial charge in [0.2, 0.25) is 5.91 Å². The summed E-state index contributed by atoms with van der Waals surface area (Å²) >= 11 is 0. The third-order valence-corrected chi connectivity index (χ3v) is 3.00. The summed E-state index contributed by atoms with van der Waals surface area (Å²) in [5, 5.41) is 11.9. The van der Waals surface area contributed by atoms with Gasteiger partial charge in [-0.05, 0) is 23.3 Å². The van der Waals surface area contributed by atoms with Crippen LogP contribution in [-0.2, 0) is 17.9 Å². The van der Waals surface area contributed by atoms with E-state index in [1.807, 2.05) is 54.6 Å². The first kappa shape index (κ1) is 15.1. The molecule has 2 aromatic rings. The van der Waals surface area contributed by atoms with E-state index in [0.29, 0.717) is 19.6 Å². The SMILES string of the molecule is O=C(CCOc1ccccc1)NCc1cccc(CO)c1. The first-order valence-electron chi connectivity index (χ1n) is 6.91.